The van der Waals surface area contributed by atoms with E-state index in [0.29, 0.717) is 29.2 Å². The van der Waals surface area contributed by atoms with Crippen molar-refractivity contribution in [1.29, 1.82) is 0 Å². The average molecular weight is 258 g/mol. The van der Waals surface area contributed by atoms with Gasteiger partial charge in [-0.15, -0.1) is 0 Å². The summed E-state index contributed by atoms with van der Waals surface area (Å²) in [5, 5.41) is 0. The van der Waals surface area contributed by atoms with E-state index < -0.39 is 0 Å². The van der Waals surface area contributed by atoms with Crippen molar-refractivity contribution in [3.05, 3.63) is 24.7 Å². The van der Waals surface area contributed by atoms with E-state index in [-0.39, 0.29) is 12.0 Å². The van der Waals surface area contributed by atoms with Crippen LogP contribution in [0.25, 0.3) is 22.6 Å². The molecule has 0 radical (unpaired) electrons. The van der Waals surface area contributed by atoms with E-state index in [4.69, 9.17) is 15.9 Å². The number of hydrogen-bond acceptors (Lipinski definition) is 6. The molecule has 19 heavy (non-hydrogen) atoms. The zero-order valence-corrected chi connectivity index (χ0v) is 10.4. The largest absolute Gasteiger partial charge is 0.463 e. The highest BCUT2D eigenvalue weighted by Crippen LogP contribution is 2.25. The standard InChI is InChI=1S/C12H14N6O/c1-7(13)5-18-6-15-10-9(8-3-2-4-19-8)16-12(14)17-11(10)18/h2-4,6-7H,5,13H2,1H3,(H2,14,16,17). The molecule has 0 bridgehead atoms. The molecule has 0 aromatic carbocycles. The van der Waals surface area contributed by atoms with Gasteiger partial charge in [0.15, 0.2) is 11.4 Å². The second-order valence-corrected chi connectivity index (χ2v) is 4.45. The van der Waals surface area contributed by atoms with Crippen molar-refractivity contribution in [2.24, 2.45) is 5.73 Å². The fourth-order valence-corrected chi connectivity index (χ4v) is 1.99. The van der Waals surface area contributed by atoms with E-state index in [0.717, 1.165) is 0 Å². The molecule has 1 atom stereocenters. The van der Waals surface area contributed by atoms with Crippen LogP contribution in [0.5, 0.6) is 0 Å². The van der Waals surface area contributed by atoms with Crippen LogP contribution < -0.4 is 11.5 Å². The zero-order chi connectivity index (χ0) is 13.4. The zero-order valence-electron chi connectivity index (χ0n) is 10.4. The Morgan fingerprint density at radius 1 is 1.42 bits per heavy atom. The number of imidazole rings is 1. The number of hydrogen-bond donors (Lipinski definition) is 2. The minimum absolute atomic E-state index is 0.000604. The Balaban J connectivity index is 2.21. The predicted octanol–water partition coefficient (Wildman–Crippen LogP) is 1.02. The van der Waals surface area contributed by atoms with Crippen LogP contribution >= 0.6 is 0 Å². The maximum atomic E-state index is 5.80. The predicted molar refractivity (Wildman–Crippen MR) is 71.1 cm³/mol. The Morgan fingerprint density at radius 3 is 2.95 bits per heavy atom. The van der Waals surface area contributed by atoms with E-state index in [1.54, 1.807) is 18.7 Å². The van der Waals surface area contributed by atoms with Crippen molar-refractivity contribution < 1.29 is 4.42 Å². The highest BCUT2D eigenvalue weighted by Gasteiger charge is 2.15. The molecule has 0 aliphatic heterocycles. The molecule has 0 aliphatic carbocycles. The van der Waals surface area contributed by atoms with E-state index in [1.165, 1.54) is 0 Å². The maximum absolute atomic E-state index is 5.80. The first-order chi connectivity index (χ1) is 9.15. The number of anilines is 1. The second-order valence-electron chi connectivity index (χ2n) is 4.45. The van der Waals surface area contributed by atoms with Crippen molar-refractivity contribution in [3.8, 4) is 11.5 Å². The lowest BCUT2D eigenvalue weighted by atomic mass is 10.3. The van der Waals surface area contributed by atoms with Gasteiger partial charge in [-0.2, -0.15) is 4.98 Å². The molecule has 7 heteroatoms. The third-order valence-electron chi connectivity index (χ3n) is 2.72. The van der Waals surface area contributed by atoms with Crippen molar-refractivity contribution >= 4 is 17.1 Å². The van der Waals surface area contributed by atoms with E-state index in [2.05, 4.69) is 15.0 Å². The van der Waals surface area contributed by atoms with Gasteiger partial charge in [0.1, 0.15) is 11.2 Å². The number of nitrogens with two attached hydrogens (primary N) is 2. The first-order valence-electron chi connectivity index (χ1n) is 5.93. The van der Waals surface area contributed by atoms with E-state index in [9.17, 15) is 0 Å². The van der Waals surface area contributed by atoms with E-state index >= 15 is 0 Å². The van der Waals surface area contributed by atoms with Crippen LogP contribution in [0.2, 0.25) is 0 Å². The molecule has 3 heterocycles. The fourth-order valence-electron chi connectivity index (χ4n) is 1.99. The highest BCUT2D eigenvalue weighted by atomic mass is 16.3. The number of aromatic nitrogens is 4. The molecule has 0 saturated heterocycles. The smallest absolute Gasteiger partial charge is 0.222 e. The Morgan fingerprint density at radius 2 is 2.26 bits per heavy atom. The number of nitrogen functional groups attached to an aromatic ring is 1. The molecular weight excluding hydrogens is 244 g/mol. The average Bonchev–Trinajstić information content (AvgIpc) is 2.98. The molecule has 0 spiro atoms. The van der Waals surface area contributed by atoms with Gasteiger partial charge in [0.25, 0.3) is 0 Å². The fraction of sp³-hybridized carbons (Fsp3) is 0.250. The quantitative estimate of drug-likeness (QED) is 0.725. The van der Waals surface area contributed by atoms with Crippen LogP contribution in [0, 0.1) is 0 Å². The summed E-state index contributed by atoms with van der Waals surface area (Å²) in [5.41, 5.74) is 13.5. The van der Waals surface area contributed by atoms with Crippen LogP contribution in [0.3, 0.4) is 0 Å². The number of fused-ring (bicyclic) bond motifs is 1. The third-order valence-corrected chi connectivity index (χ3v) is 2.72. The summed E-state index contributed by atoms with van der Waals surface area (Å²) in [6.07, 6.45) is 3.27. The van der Waals surface area contributed by atoms with Gasteiger partial charge in [0, 0.05) is 12.6 Å². The van der Waals surface area contributed by atoms with Gasteiger partial charge in [-0.1, -0.05) is 0 Å². The molecule has 0 aliphatic rings. The Kier molecular flexibility index (Phi) is 2.68. The van der Waals surface area contributed by atoms with Gasteiger partial charge in [-0.05, 0) is 19.1 Å². The SMILES string of the molecule is CC(N)Cn1cnc2c(-c3ccco3)nc(N)nc21. The molecule has 0 amide bonds. The molecule has 3 rings (SSSR count). The molecule has 1 unspecified atom stereocenters. The van der Waals surface area contributed by atoms with Gasteiger partial charge >= 0.3 is 0 Å². The second kappa shape index (κ2) is 4.36. The van der Waals surface area contributed by atoms with Crippen LogP contribution in [0.4, 0.5) is 5.95 Å². The van der Waals surface area contributed by atoms with Crippen LogP contribution in [-0.4, -0.2) is 25.6 Å². The Labute approximate surface area is 109 Å². The van der Waals surface area contributed by atoms with Crippen LogP contribution in [-0.2, 0) is 6.54 Å². The molecule has 3 aromatic heterocycles. The summed E-state index contributed by atoms with van der Waals surface area (Å²) < 4.78 is 7.22. The van der Waals surface area contributed by atoms with Crippen molar-refractivity contribution in [2.75, 3.05) is 5.73 Å². The molecular formula is C12H14N6O. The maximum Gasteiger partial charge on any atom is 0.222 e. The minimum Gasteiger partial charge on any atom is -0.463 e. The lowest BCUT2D eigenvalue weighted by molar-refractivity contribution is 0.580. The van der Waals surface area contributed by atoms with Crippen molar-refractivity contribution in [1.82, 2.24) is 19.5 Å². The van der Waals surface area contributed by atoms with Gasteiger partial charge in [-0.25, -0.2) is 9.97 Å². The summed E-state index contributed by atoms with van der Waals surface area (Å²) >= 11 is 0. The topological polar surface area (TPSA) is 109 Å². The molecule has 4 N–H and O–H groups in total. The van der Waals surface area contributed by atoms with Gasteiger partial charge in [0.2, 0.25) is 5.95 Å². The molecule has 98 valence electrons. The van der Waals surface area contributed by atoms with E-state index in [1.807, 2.05) is 17.6 Å². The Bertz CT molecular complexity index is 700. The van der Waals surface area contributed by atoms with Crippen molar-refractivity contribution in [3.63, 3.8) is 0 Å². The monoisotopic (exact) mass is 258 g/mol. The normalized spacial score (nSPS) is 12.9. The molecule has 0 saturated carbocycles. The first kappa shape index (κ1) is 11.7. The summed E-state index contributed by atoms with van der Waals surface area (Å²) in [4.78, 5) is 12.8. The van der Waals surface area contributed by atoms with Gasteiger partial charge < -0.3 is 20.5 Å². The molecule has 3 aromatic rings. The third kappa shape index (κ3) is 2.04. The van der Waals surface area contributed by atoms with Gasteiger partial charge in [0.05, 0.1) is 12.6 Å². The molecule has 0 fully saturated rings. The van der Waals surface area contributed by atoms with Crippen LogP contribution in [0.15, 0.2) is 29.1 Å². The highest BCUT2D eigenvalue weighted by molar-refractivity contribution is 5.86. The summed E-state index contributed by atoms with van der Waals surface area (Å²) in [6, 6.07) is 3.60. The summed E-state index contributed by atoms with van der Waals surface area (Å²) in [7, 11) is 0. The summed E-state index contributed by atoms with van der Waals surface area (Å²) in [6.45, 7) is 2.54. The minimum atomic E-state index is 0.000604. The van der Waals surface area contributed by atoms with Crippen LogP contribution in [0.1, 0.15) is 6.92 Å². The summed E-state index contributed by atoms with van der Waals surface area (Å²) in [5.74, 6) is 0.801. The number of furan rings is 1. The van der Waals surface area contributed by atoms with Gasteiger partial charge in [-0.3, -0.25) is 0 Å². The lowest BCUT2D eigenvalue weighted by Gasteiger charge is -2.07. The Hall–Kier alpha value is -2.41. The number of rotatable bonds is 3. The number of nitrogens with zero attached hydrogens (tertiary/aromatic N) is 4. The lowest BCUT2D eigenvalue weighted by Crippen LogP contribution is -2.21. The van der Waals surface area contributed by atoms with Crippen molar-refractivity contribution in [2.45, 2.75) is 19.5 Å². The molecule has 7 nitrogen and oxygen atoms in total. The first-order valence-corrected chi connectivity index (χ1v) is 5.93.